The molecule has 5 rings (SSSR count). The number of hydrogen-bond acceptors (Lipinski definition) is 6. The Morgan fingerprint density at radius 3 is 1.87 bits per heavy atom. The number of aliphatic carboxylic acids is 2. The lowest BCUT2D eigenvalue weighted by atomic mass is 9.96. The van der Waals surface area contributed by atoms with Crippen molar-refractivity contribution in [2.75, 3.05) is 37.6 Å². The molecular weight excluding hydrogens is 524 g/mol. The van der Waals surface area contributed by atoms with Crippen LogP contribution in [0.3, 0.4) is 0 Å². The van der Waals surface area contributed by atoms with Gasteiger partial charge >= 0.3 is 24.3 Å². The molecule has 212 valence electrons. The van der Waals surface area contributed by atoms with E-state index in [2.05, 4.69) is 28.1 Å². The zero-order chi connectivity index (χ0) is 28.1. The summed E-state index contributed by atoms with van der Waals surface area (Å²) in [5.74, 6) is -2.92. The number of pyridine rings is 1. The van der Waals surface area contributed by atoms with E-state index in [-0.39, 0.29) is 0 Å². The second-order valence-electron chi connectivity index (χ2n) is 9.48. The van der Waals surface area contributed by atoms with Gasteiger partial charge in [-0.05, 0) is 69.7 Å². The molecule has 2 N–H and O–H groups in total. The Bertz CT molecular complexity index is 1060. The van der Waals surface area contributed by atoms with Crippen LogP contribution in [0.4, 0.5) is 32.0 Å². The highest BCUT2D eigenvalue weighted by Crippen LogP contribution is 2.33. The van der Waals surface area contributed by atoms with Gasteiger partial charge in [-0.3, -0.25) is 0 Å². The smallest absolute Gasteiger partial charge is 0.475 e. The number of likely N-dealkylation sites (tertiary alicyclic amines) is 1. The van der Waals surface area contributed by atoms with E-state index < -0.39 is 24.3 Å². The van der Waals surface area contributed by atoms with Crippen LogP contribution in [0.5, 0.6) is 0 Å². The predicted octanol–water partition coefficient (Wildman–Crippen LogP) is 4.19. The monoisotopic (exact) mass is 553 g/mol. The Morgan fingerprint density at radius 1 is 0.868 bits per heavy atom. The first-order chi connectivity index (χ1) is 17.7. The van der Waals surface area contributed by atoms with E-state index in [0.717, 1.165) is 17.4 Å². The van der Waals surface area contributed by atoms with Crippen molar-refractivity contribution in [1.82, 2.24) is 19.5 Å². The van der Waals surface area contributed by atoms with E-state index in [1.807, 2.05) is 4.52 Å². The number of aromatic nitrogens is 3. The van der Waals surface area contributed by atoms with Crippen LogP contribution in [-0.2, 0) is 9.59 Å². The lowest BCUT2D eigenvalue weighted by Gasteiger charge is -2.30. The van der Waals surface area contributed by atoms with Gasteiger partial charge in [0.25, 0.3) is 0 Å². The summed E-state index contributed by atoms with van der Waals surface area (Å²) in [5.41, 5.74) is 2.28. The fraction of sp³-hybridized carbons (Fsp3) is 0.652. The fourth-order valence-electron chi connectivity index (χ4n) is 4.26. The SMILES string of the molecule is O=C(O)C(F)(F)F.O=C(O)C(F)(F)F.c1cc2nc(C3CCN(CC4CC4)CC3)nn2cc1N1CCCC1. The van der Waals surface area contributed by atoms with Crippen LogP contribution in [0, 0.1) is 5.92 Å². The molecule has 1 aliphatic carbocycles. The molecule has 3 fully saturated rings. The number of alkyl halides is 6. The second kappa shape index (κ2) is 12.2. The zero-order valence-corrected chi connectivity index (χ0v) is 20.4. The van der Waals surface area contributed by atoms with Crippen LogP contribution >= 0.6 is 0 Å². The zero-order valence-electron chi connectivity index (χ0n) is 20.4. The molecule has 4 heterocycles. The molecule has 0 bridgehead atoms. The van der Waals surface area contributed by atoms with Gasteiger partial charge < -0.3 is 20.0 Å². The third-order valence-electron chi connectivity index (χ3n) is 6.45. The lowest BCUT2D eigenvalue weighted by Crippen LogP contribution is -2.34. The Labute approximate surface area is 214 Å². The van der Waals surface area contributed by atoms with Gasteiger partial charge in [0.15, 0.2) is 11.5 Å². The first kappa shape index (κ1) is 29.5. The average molecular weight is 554 g/mol. The molecule has 0 radical (unpaired) electrons. The highest BCUT2D eigenvalue weighted by molar-refractivity contribution is 5.73. The molecule has 2 saturated heterocycles. The predicted molar refractivity (Wildman–Crippen MR) is 123 cm³/mol. The van der Waals surface area contributed by atoms with Crippen molar-refractivity contribution in [3.05, 3.63) is 24.2 Å². The van der Waals surface area contributed by atoms with Gasteiger partial charge in [-0.25, -0.2) is 19.1 Å². The maximum atomic E-state index is 10.6. The van der Waals surface area contributed by atoms with Gasteiger partial charge in [0.2, 0.25) is 0 Å². The van der Waals surface area contributed by atoms with Crippen LogP contribution in [0.1, 0.15) is 50.3 Å². The molecule has 1 saturated carbocycles. The average Bonchev–Trinajstić information content (AvgIpc) is 3.31. The van der Waals surface area contributed by atoms with Crippen LogP contribution in [-0.4, -0.2) is 86.7 Å². The van der Waals surface area contributed by atoms with Crippen LogP contribution in [0.25, 0.3) is 5.65 Å². The highest BCUT2D eigenvalue weighted by atomic mass is 19.4. The number of piperidine rings is 1. The number of anilines is 1. The molecule has 0 aromatic carbocycles. The first-order valence-electron chi connectivity index (χ1n) is 12.2. The van der Waals surface area contributed by atoms with E-state index in [0.29, 0.717) is 5.92 Å². The van der Waals surface area contributed by atoms with Gasteiger partial charge in [0, 0.05) is 25.6 Å². The quantitative estimate of drug-likeness (QED) is 0.543. The summed E-state index contributed by atoms with van der Waals surface area (Å²) in [6.45, 7) is 6.11. The number of carbonyl (C=O) groups is 2. The Hall–Kier alpha value is -3.10. The number of carboxylic acid groups (broad SMARTS) is 2. The van der Waals surface area contributed by atoms with Crippen molar-refractivity contribution in [3.8, 4) is 0 Å². The minimum absolute atomic E-state index is 0.538. The first-order valence-corrected chi connectivity index (χ1v) is 12.2. The molecule has 2 aromatic heterocycles. The van der Waals surface area contributed by atoms with Crippen molar-refractivity contribution < 1.29 is 46.1 Å². The molecule has 2 aromatic rings. The minimum atomic E-state index is -5.08. The van der Waals surface area contributed by atoms with E-state index >= 15 is 0 Å². The van der Waals surface area contributed by atoms with E-state index in [4.69, 9.17) is 29.9 Å². The topological polar surface area (TPSA) is 111 Å². The van der Waals surface area contributed by atoms with E-state index in [9.17, 15) is 26.3 Å². The standard InChI is InChI=1S/C19H27N5.2C2HF3O2/c1-2-10-23(9-1)17-5-6-18-20-19(21-24(18)14-17)16-7-11-22(12-8-16)13-15-3-4-15;2*3-2(4,5)1(6)7/h5-6,14-16H,1-4,7-13H2;2*(H,6,7). The summed E-state index contributed by atoms with van der Waals surface area (Å²) < 4.78 is 65.5. The Morgan fingerprint density at radius 2 is 1.39 bits per heavy atom. The van der Waals surface area contributed by atoms with Crippen molar-refractivity contribution in [3.63, 3.8) is 0 Å². The summed E-state index contributed by atoms with van der Waals surface area (Å²) in [6.07, 6.45) is -0.0642. The van der Waals surface area contributed by atoms with Gasteiger partial charge in [-0.15, -0.1) is 0 Å². The second-order valence-corrected chi connectivity index (χ2v) is 9.48. The molecule has 0 atom stereocenters. The summed E-state index contributed by atoms with van der Waals surface area (Å²) in [5, 5.41) is 19.1. The molecule has 0 spiro atoms. The Kier molecular flexibility index (Phi) is 9.44. The molecule has 15 heteroatoms. The van der Waals surface area contributed by atoms with Crippen LogP contribution in [0.2, 0.25) is 0 Å². The molecule has 0 amide bonds. The summed E-state index contributed by atoms with van der Waals surface area (Å²) in [6, 6.07) is 4.34. The third kappa shape index (κ3) is 8.74. The van der Waals surface area contributed by atoms with Gasteiger partial charge in [0.1, 0.15) is 0 Å². The summed E-state index contributed by atoms with van der Waals surface area (Å²) in [4.78, 5) is 27.7. The van der Waals surface area contributed by atoms with Gasteiger partial charge in [-0.1, -0.05) is 0 Å². The maximum Gasteiger partial charge on any atom is 0.490 e. The molecule has 3 aliphatic rings. The van der Waals surface area contributed by atoms with Gasteiger partial charge in [0.05, 0.1) is 11.9 Å². The number of halogens is 6. The summed E-state index contributed by atoms with van der Waals surface area (Å²) in [7, 11) is 0. The van der Waals surface area contributed by atoms with Crippen molar-refractivity contribution >= 4 is 23.3 Å². The number of fused-ring (bicyclic) bond motifs is 1. The van der Waals surface area contributed by atoms with E-state index in [1.54, 1.807) is 0 Å². The van der Waals surface area contributed by atoms with Crippen LogP contribution < -0.4 is 4.90 Å². The number of nitrogens with zero attached hydrogens (tertiary/aromatic N) is 5. The number of hydrogen-bond donors (Lipinski definition) is 2. The maximum absolute atomic E-state index is 10.6. The fourth-order valence-corrected chi connectivity index (χ4v) is 4.26. The number of rotatable bonds is 4. The Balaban J connectivity index is 0.000000239. The molecule has 2 aliphatic heterocycles. The normalized spacial score (nSPS) is 18.9. The van der Waals surface area contributed by atoms with Crippen LogP contribution in [0.15, 0.2) is 18.3 Å². The molecule has 0 unspecified atom stereocenters. The third-order valence-corrected chi connectivity index (χ3v) is 6.45. The van der Waals surface area contributed by atoms with Crippen molar-refractivity contribution in [1.29, 1.82) is 0 Å². The number of carboxylic acids is 2. The largest absolute Gasteiger partial charge is 0.490 e. The molecular formula is C23H29F6N5O4. The molecule has 9 nitrogen and oxygen atoms in total. The van der Waals surface area contributed by atoms with Gasteiger partial charge in [-0.2, -0.15) is 31.4 Å². The minimum Gasteiger partial charge on any atom is -0.475 e. The van der Waals surface area contributed by atoms with Crippen molar-refractivity contribution in [2.24, 2.45) is 5.92 Å². The summed E-state index contributed by atoms with van der Waals surface area (Å²) >= 11 is 0. The lowest BCUT2D eigenvalue weighted by molar-refractivity contribution is -0.193. The molecule has 38 heavy (non-hydrogen) atoms. The van der Waals surface area contributed by atoms with Crippen molar-refractivity contribution in [2.45, 2.75) is 56.8 Å². The highest BCUT2D eigenvalue weighted by Gasteiger charge is 2.39. The van der Waals surface area contributed by atoms with E-state index in [1.165, 1.54) is 76.9 Å².